The van der Waals surface area contributed by atoms with Crippen LogP contribution in [-0.4, -0.2) is 17.8 Å². The third-order valence-corrected chi connectivity index (χ3v) is 4.61. The van der Waals surface area contributed by atoms with Gasteiger partial charge in [-0.25, -0.2) is 0 Å². The zero-order valence-electron chi connectivity index (χ0n) is 11.5. The summed E-state index contributed by atoms with van der Waals surface area (Å²) in [4.78, 5) is 4.80. The van der Waals surface area contributed by atoms with Gasteiger partial charge in [0.05, 0.1) is 11.4 Å². The number of rotatable bonds is 2. The molecule has 1 N–H and O–H groups in total. The Balaban J connectivity index is 1.79. The van der Waals surface area contributed by atoms with E-state index in [1.54, 1.807) is 11.3 Å². The highest BCUT2D eigenvalue weighted by Crippen LogP contribution is 2.33. The summed E-state index contributed by atoms with van der Waals surface area (Å²) in [6, 6.07) is 13.4. The van der Waals surface area contributed by atoms with Gasteiger partial charge in [-0.3, -0.25) is 0 Å². The molecule has 0 bridgehead atoms. The van der Waals surface area contributed by atoms with Crippen molar-refractivity contribution in [3.05, 3.63) is 51.7 Å². The molecule has 0 amide bonds. The van der Waals surface area contributed by atoms with E-state index in [1.165, 1.54) is 16.1 Å². The topological polar surface area (TPSA) is 23.5 Å². The molecule has 0 saturated heterocycles. The molecule has 1 aromatic heterocycles. The van der Waals surface area contributed by atoms with E-state index >= 15 is 0 Å². The van der Waals surface area contributed by atoms with Crippen LogP contribution in [-0.2, 0) is 13.0 Å². The third kappa shape index (κ3) is 2.58. The number of hydrogen-bond acceptors (Lipinski definition) is 3. The molecule has 1 unspecified atom stereocenters. The number of benzene rings is 1. The smallest absolute Gasteiger partial charge is 0.104 e. The minimum Gasteiger partial charge on any atom is -0.384 e. The van der Waals surface area contributed by atoms with E-state index in [1.807, 2.05) is 6.07 Å². The van der Waals surface area contributed by atoms with E-state index in [-0.39, 0.29) is 6.61 Å². The van der Waals surface area contributed by atoms with Gasteiger partial charge < -0.3 is 10.0 Å². The first-order valence-corrected chi connectivity index (χ1v) is 7.62. The highest BCUT2D eigenvalue weighted by Gasteiger charge is 2.25. The van der Waals surface area contributed by atoms with Gasteiger partial charge in [-0.2, -0.15) is 0 Å². The molecular weight excluding hydrogens is 266 g/mol. The lowest BCUT2D eigenvalue weighted by Crippen LogP contribution is -2.28. The minimum atomic E-state index is -0.0796. The second-order valence-electron chi connectivity index (χ2n) is 5.04. The number of nitrogens with zero attached hydrogens (tertiary/aromatic N) is 1. The fraction of sp³-hybridized carbons (Fsp3) is 0.294. The van der Waals surface area contributed by atoms with Crippen molar-refractivity contribution < 1.29 is 5.11 Å². The van der Waals surface area contributed by atoms with Gasteiger partial charge >= 0.3 is 0 Å². The molecule has 1 atom stereocenters. The second-order valence-corrected chi connectivity index (χ2v) is 6.20. The predicted molar refractivity (Wildman–Crippen MR) is 84.1 cm³/mol. The first-order valence-electron chi connectivity index (χ1n) is 6.81. The number of fused-ring (bicyclic) bond motifs is 1. The molecule has 1 aliphatic rings. The Morgan fingerprint density at radius 1 is 1.30 bits per heavy atom. The summed E-state index contributed by atoms with van der Waals surface area (Å²) >= 11 is 1.71. The van der Waals surface area contributed by atoms with Crippen LogP contribution in [0.3, 0.4) is 0 Å². The van der Waals surface area contributed by atoms with Crippen LogP contribution in [0.5, 0.6) is 0 Å². The molecule has 20 heavy (non-hydrogen) atoms. The lowest BCUT2D eigenvalue weighted by atomic mass is 10.1. The summed E-state index contributed by atoms with van der Waals surface area (Å²) in [7, 11) is 0. The molecule has 102 valence electrons. The summed E-state index contributed by atoms with van der Waals surface area (Å²) in [5, 5.41) is 8.73. The number of anilines is 1. The quantitative estimate of drug-likeness (QED) is 0.856. The number of thiophene rings is 1. The minimum absolute atomic E-state index is 0.0796. The molecule has 1 aliphatic heterocycles. The van der Waals surface area contributed by atoms with Crippen molar-refractivity contribution >= 4 is 17.0 Å². The van der Waals surface area contributed by atoms with Crippen LogP contribution < -0.4 is 4.90 Å². The molecule has 2 nitrogen and oxygen atoms in total. The average Bonchev–Trinajstić information content (AvgIpc) is 3.02. The third-order valence-electron chi connectivity index (χ3n) is 3.63. The lowest BCUT2D eigenvalue weighted by molar-refractivity contribution is 0.350. The molecule has 2 aromatic rings. The number of aliphatic hydroxyl groups excluding tert-OH is 1. The fourth-order valence-electron chi connectivity index (χ4n) is 2.70. The molecule has 0 aliphatic carbocycles. The van der Waals surface area contributed by atoms with Crippen molar-refractivity contribution in [2.45, 2.75) is 25.9 Å². The van der Waals surface area contributed by atoms with Crippen LogP contribution in [0.1, 0.15) is 22.2 Å². The van der Waals surface area contributed by atoms with Crippen LogP contribution in [0.25, 0.3) is 0 Å². The van der Waals surface area contributed by atoms with Gasteiger partial charge in [-0.15, -0.1) is 11.3 Å². The Kier molecular flexibility index (Phi) is 3.77. The monoisotopic (exact) mass is 283 g/mol. The van der Waals surface area contributed by atoms with Crippen molar-refractivity contribution in [1.29, 1.82) is 0 Å². The molecule has 3 rings (SSSR count). The molecule has 0 fully saturated rings. The van der Waals surface area contributed by atoms with E-state index < -0.39 is 0 Å². The van der Waals surface area contributed by atoms with E-state index in [0.29, 0.717) is 6.04 Å². The highest BCUT2D eigenvalue weighted by molar-refractivity contribution is 7.12. The first kappa shape index (κ1) is 13.2. The highest BCUT2D eigenvalue weighted by atomic mass is 32.1. The van der Waals surface area contributed by atoms with Crippen molar-refractivity contribution in [3.8, 4) is 11.8 Å². The van der Waals surface area contributed by atoms with Crippen LogP contribution >= 0.6 is 11.3 Å². The normalized spacial score (nSPS) is 16.7. The largest absolute Gasteiger partial charge is 0.384 e. The van der Waals surface area contributed by atoms with Gasteiger partial charge in [0.1, 0.15) is 6.61 Å². The van der Waals surface area contributed by atoms with Crippen molar-refractivity contribution in [2.75, 3.05) is 11.5 Å². The van der Waals surface area contributed by atoms with Crippen LogP contribution in [0.4, 0.5) is 5.69 Å². The molecular formula is C17H17NOS. The van der Waals surface area contributed by atoms with Crippen molar-refractivity contribution in [1.82, 2.24) is 0 Å². The fourth-order valence-corrected chi connectivity index (χ4v) is 3.58. The van der Waals surface area contributed by atoms with Gasteiger partial charge in [0.2, 0.25) is 0 Å². The van der Waals surface area contributed by atoms with Gasteiger partial charge in [0.15, 0.2) is 0 Å². The van der Waals surface area contributed by atoms with Gasteiger partial charge in [0, 0.05) is 16.6 Å². The van der Waals surface area contributed by atoms with E-state index in [9.17, 15) is 0 Å². The summed E-state index contributed by atoms with van der Waals surface area (Å²) in [5.74, 6) is 5.67. The Morgan fingerprint density at radius 2 is 2.15 bits per heavy atom. The lowest BCUT2D eigenvalue weighted by Gasteiger charge is -2.24. The van der Waals surface area contributed by atoms with E-state index in [4.69, 9.17) is 5.11 Å². The molecule has 2 heterocycles. The zero-order valence-corrected chi connectivity index (χ0v) is 12.3. The van der Waals surface area contributed by atoms with Gasteiger partial charge in [-0.1, -0.05) is 30.0 Å². The average molecular weight is 283 g/mol. The zero-order chi connectivity index (χ0) is 13.9. The van der Waals surface area contributed by atoms with Crippen molar-refractivity contribution in [3.63, 3.8) is 0 Å². The summed E-state index contributed by atoms with van der Waals surface area (Å²) in [6.07, 6.45) is 1.12. The predicted octanol–water partition coefficient (Wildman–Crippen LogP) is 3.04. The summed E-state index contributed by atoms with van der Waals surface area (Å²) < 4.78 is 0. The molecule has 1 aromatic carbocycles. The molecule has 0 radical (unpaired) electrons. The van der Waals surface area contributed by atoms with Crippen LogP contribution in [0.15, 0.2) is 36.4 Å². The standard InChI is InChI=1S/C17H17NOS/c1-13-11-14-5-2-3-7-17(14)18(13)12-16-9-8-15(20-16)6-4-10-19/h2-3,5,7-9,13,19H,10-12H2,1H3. The first-order chi connectivity index (χ1) is 9.78. The van der Waals surface area contributed by atoms with Crippen molar-refractivity contribution in [2.24, 2.45) is 0 Å². The molecule has 3 heteroatoms. The summed E-state index contributed by atoms with van der Waals surface area (Å²) in [6.45, 7) is 3.13. The Hall–Kier alpha value is -1.76. The summed E-state index contributed by atoms with van der Waals surface area (Å²) in [5.41, 5.74) is 2.80. The second kappa shape index (κ2) is 5.70. The number of aliphatic hydroxyl groups is 1. The van der Waals surface area contributed by atoms with Crippen LogP contribution in [0.2, 0.25) is 0 Å². The van der Waals surface area contributed by atoms with E-state index in [2.05, 4.69) is 54.0 Å². The number of hydrogen-bond donors (Lipinski definition) is 1. The Bertz CT molecular complexity index is 665. The number of para-hydroxylation sites is 1. The van der Waals surface area contributed by atoms with E-state index in [0.717, 1.165) is 17.8 Å². The maximum Gasteiger partial charge on any atom is 0.104 e. The maximum absolute atomic E-state index is 8.73. The Labute approximate surface area is 123 Å². The van der Waals surface area contributed by atoms with Gasteiger partial charge in [-0.05, 0) is 37.1 Å². The van der Waals surface area contributed by atoms with Crippen LogP contribution in [0, 0.1) is 11.8 Å². The van der Waals surface area contributed by atoms with Gasteiger partial charge in [0.25, 0.3) is 0 Å². The SMILES string of the molecule is CC1Cc2ccccc2N1Cc1ccc(C#CCO)s1. The molecule has 0 spiro atoms. The maximum atomic E-state index is 8.73. The molecule has 0 saturated carbocycles. The Morgan fingerprint density at radius 3 is 3.00 bits per heavy atom.